The zero-order valence-electron chi connectivity index (χ0n) is 12.3. The smallest absolute Gasteiger partial charge is 0.241 e. The third kappa shape index (κ3) is 1.62. The maximum atomic E-state index is 12.8. The average molecular weight is 266 g/mol. The van der Waals surface area contributed by atoms with Crippen LogP contribution in [0, 0.1) is 11.3 Å². The van der Waals surface area contributed by atoms with Crippen LogP contribution in [0.25, 0.3) is 0 Å². The average Bonchev–Trinajstić information content (AvgIpc) is 2.95. The second kappa shape index (κ2) is 3.95. The number of carbonyl (C=O) groups excluding carboxylic acids is 1. The normalized spacial score (nSPS) is 42.5. The van der Waals surface area contributed by atoms with Crippen LogP contribution >= 0.6 is 0 Å². The molecule has 2 aliphatic carbocycles. The maximum absolute atomic E-state index is 12.8. The van der Waals surface area contributed by atoms with E-state index in [1.165, 1.54) is 12.8 Å². The summed E-state index contributed by atoms with van der Waals surface area (Å²) in [6, 6.07) is 0. The summed E-state index contributed by atoms with van der Waals surface area (Å²) < 4.78 is 5.75. The van der Waals surface area contributed by atoms with Gasteiger partial charge >= 0.3 is 0 Å². The number of hydrogen-bond donors (Lipinski definition) is 2. The topological polar surface area (TPSA) is 64.4 Å². The van der Waals surface area contributed by atoms with Gasteiger partial charge in [-0.15, -0.1) is 0 Å². The van der Waals surface area contributed by atoms with Crippen LogP contribution in [-0.4, -0.2) is 29.7 Å². The largest absolute Gasteiger partial charge is 0.377 e. The highest BCUT2D eigenvalue weighted by molar-refractivity contribution is 5.90. The molecule has 1 saturated heterocycles. The fraction of sp³-hybridized carbons (Fsp3) is 0.933. The van der Waals surface area contributed by atoms with Crippen molar-refractivity contribution in [2.45, 2.75) is 70.1 Å². The lowest BCUT2D eigenvalue weighted by Gasteiger charge is -2.61. The quantitative estimate of drug-likeness (QED) is 0.797. The first kappa shape index (κ1) is 13.4. The molecule has 1 heterocycles. The molecule has 0 radical (unpaired) electrons. The Morgan fingerprint density at radius 1 is 1.26 bits per heavy atom. The van der Waals surface area contributed by atoms with E-state index in [0.717, 1.165) is 25.9 Å². The molecule has 3 fully saturated rings. The molecule has 3 N–H and O–H groups in total. The number of hydrogen-bond acceptors (Lipinski definition) is 3. The summed E-state index contributed by atoms with van der Waals surface area (Å²) in [5, 5.41) is 3.25. The Morgan fingerprint density at radius 3 is 2.53 bits per heavy atom. The first-order chi connectivity index (χ1) is 8.81. The van der Waals surface area contributed by atoms with Crippen molar-refractivity contribution in [1.29, 1.82) is 0 Å². The molecule has 19 heavy (non-hydrogen) atoms. The van der Waals surface area contributed by atoms with Gasteiger partial charge in [-0.05, 0) is 26.2 Å². The fourth-order valence-corrected chi connectivity index (χ4v) is 4.50. The van der Waals surface area contributed by atoms with E-state index in [-0.39, 0.29) is 28.9 Å². The summed E-state index contributed by atoms with van der Waals surface area (Å²) in [6.07, 6.45) is 5.61. The number of ether oxygens (including phenoxy) is 1. The number of amides is 1. The molecule has 4 nitrogen and oxygen atoms in total. The number of fused-ring (bicyclic) bond motifs is 1. The van der Waals surface area contributed by atoms with Crippen LogP contribution in [0.2, 0.25) is 0 Å². The van der Waals surface area contributed by atoms with Crippen LogP contribution in [-0.2, 0) is 9.53 Å². The summed E-state index contributed by atoms with van der Waals surface area (Å²) >= 11 is 0. The summed E-state index contributed by atoms with van der Waals surface area (Å²) in [7, 11) is 0. The van der Waals surface area contributed by atoms with Gasteiger partial charge in [0.25, 0.3) is 0 Å². The van der Waals surface area contributed by atoms with Crippen LogP contribution in [0.4, 0.5) is 0 Å². The van der Waals surface area contributed by atoms with Gasteiger partial charge in [0.05, 0.1) is 6.10 Å². The van der Waals surface area contributed by atoms with Crippen molar-refractivity contribution in [3.8, 4) is 0 Å². The van der Waals surface area contributed by atoms with Crippen LogP contribution in [0.1, 0.15) is 52.9 Å². The van der Waals surface area contributed by atoms with E-state index in [4.69, 9.17) is 10.5 Å². The minimum atomic E-state index is -0.764. The van der Waals surface area contributed by atoms with Gasteiger partial charge in [0.15, 0.2) is 0 Å². The lowest BCUT2D eigenvalue weighted by atomic mass is 9.48. The zero-order valence-corrected chi connectivity index (χ0v) is 12.3. The molecular weight excluding hydrogens is 240 g/mol. The highest BCUT2D eigenvalue weighted by atomic mass is 16.5. The number of rotatable bonds is 2. The molecule has 1 aliphatic heterocycles. The van der Waals surface area contributed by atoms with Gasteiger partial charge in [0, 0.05) is 23.5 Å². The molecular formula is C15H26N2O2. The number of carbonyl (C=O) groups is 1. The third-order valence-corrected chi connectivity index (χ3v) is 5.95. The fourth-order valence-electron chi connectivity index (χ4n) is 4.50. The highest BCUT2D eigenvalue weighted by Crippen LogP contribution is 2.58. The SMILES string of the molecule is CC1(NC(=O)C2(N)C3CCOC3C2(C)C)CCCC1. The molecule has 3 unspecified atom stereocenters. The van der Waals surface area contributed by atoms with Crippen LogP contribution in [0.3, 0.4) is 0 Å². The maximum Gasteiger partial charge on any atom is 0.241 e. The predicted molar refractivity (Wildman–Crippen MR) is 73.6 cm³/mol. The van der Waals surface area contributed by atoms with Crippen molar-refractivity contribution in [2.75, 3.05) is 6.61 Å². The summed E-state index contributed by atoms with van der Waals surface area (Å²) in [5.41, 5.74) is 5.47. The number of nitrogens with two attached hydrogens (primary N) is 1. The van der Waals surface area contributed by atoms with Crippen molar-refractivity contribution in [3.05, 3.63) is 0 Å². The molecule has 4 heteroatoms. The highest BCUT2D eigenvalue weighted by Gasteiger charge is 2.71. The van der Waals surface area contributed by atoms with Crippen LogP contribution < -0.4 is 11.1 Å². The molecule has 3 atom stereocenters. The van der Waals surface area contributed by atoms with Crippen molar-refractivity contribution in [2.24, 2.45) is 17.1 Å². The third-order valence-electron chi connectivity index (χ3n) is 5.95. The zero-order chi connectivity index (χ0) is 13.9. The molecule has 0 aromatic rings. The standard InChI is InChI=1S/C15H26N2O2/c1-13(2)11-10(6-9-19-11)15(13,16)12(18)17-14(3)7-4-5-8-14/h10-11H,4-9,16H2,1-3H3,(H,17,18). The molecule has 0 aromatic heterocycles. The lowest BCUT2D eigenvalue weighted by molar-refractivity contribution is -0.176. The molecule has 2 saturated carbocycles. The van der Waals surface area contributed by atoms with Gasteiger partial charge in [-0.3, -0.25) is 4.79 Å². The number of nitrogens with one attached hydrogen (secondary N) is 1. The Balaban J connectivity index is 1.79. The second-order valence-corrected chi connectivity index (χ2v) is 7.50. The van der Waals surface area contributed by atoms with Gasteiger partial charge in [0.2, 0.25) is 5.91 Å². The summed E-state index contributed by atoms with van der Waals surface area (Å²) in [6.45, 7) is 7.02. The van der Waals surface area contributed by atoms with E-state index in [0.29, 0.717) is 0 Å². The van der Waals surface area contributed by atoms with E-state index in [1.54, 1.807) is 0 Å². The Kier molecular flexibility index (Phi) is 2.78. The Morgan fingerprint density at radius 2 is 1.89 bits per heavy atom. The second-order valence-electron chi connectivity index (χ2n) is 7.50. The molecule has 3 aliphatic rings. The Hall–Kier alpha value is -0.610. The lowest BCUT2D eigenvalue weighted by Crippen LogP contribution is -2.81. The molecule has 0 spiro atoms. The summed E-state index contributed by atoms with van der Waals surface area (Å²) in [5.74, 6) is 0.223. The van der Waals surface area contributed by atoms with Crippen LogP contribution in [0.5, 0.6) is 0 Å². The van der Waals surface area contributed by atoms with Gasteiger partial charge in [-0.1, -0.05) is 26.7 Å². The Bertz CT molecular complexity index is 401. The van der Waals surface area contributed by atoms with Crippen LogP contribution in [0.15, 0.2) is 0 Å². The van der Waals surface area contributed by atoms with Gasteiger partial charge in [-0.2, -0.15) is 0 Å². The molecule has 3 rings (SSSR count). The minimum absolute atomic E-state index is 0.0358. The summed E-state index contributed by atoms with van der Waals surface area (Å²) in [4.78, 5) is 12.8. The van der Waals surface area contributed by atoms with E-state index >= 15 is 0 Å². The van der Waals surface area contributed by atoms with Crippen molar-refractivity contribution in [1.82, 2.24) is 5.32 Å². The molecule has 108 valence electrons. The minimum Gasteiger partial charge on any atom is -0.377 e. The van der Waals surface area contributed by atoms with Crippen molar-refractivity contribution in [3.63, 3.8) is 0 Å². The van der Waals surface area contributed by atoms with Gasteiger partial charge < -0.3 is 15.8 Å². The monoisotopic (exact) mass is 266 g/mol. The van der Waals surface area contributed by atoms with E-state index in [9.17, 15) is 4.79 Å². The molecule has 0 aromatic carbocycles. The molecule has 0 bridgehead atoms. The van der Waals surface area contributed by atoms with E-state index in [1.807, 2.05) is 0 Å². The van der Waals surface area contributed by atoms with Gasteiger partial charge in [0.1, 0.15) is 5.54 Å². The van der Waals surface area contributed by atoms with E-state index in [2.05, 4.69) is 26.1 Å². The van der Waals surface area contributed by atoms with Crippen molar-refractivity contribution >= 4 is 5.91 Å². The Labute approximate surface area is 115 Å². The first-order valence-electron chi connectivity index (χ1n) is 7.54. The van der Waals surface area contributed by atoms with Crippen molar-refractivity contribution < 1.29 is 9.53 Å². The van der Waals surface area contributed by atoms with E-state index < -0.39 is 5.54 Å². The predicted octanol–water partition coefficient (Wildman–Crippen LogP) is 1.58. The van der Waals surface area contributed by atoms with Gasteiger partial charge in [-0.25, -0.2) is 0 Å². The molecule has 1 amide bonds. The first-order valence-corrected chi connectivity index (χ1v) is 7.54.